The lowest BCUT2D eigenvalue weighted by Crippen LogP contribution is -2.48. The Morgan fingerprint density at radius 3 is 1.30 bits per heavy atom. The molecule has 2 saturated heterocycles. The van der Waals surface area contributed by atoms with Crippen LogP contribution in [0.5, 0.6) is 11.5 Å². The average Bonchev–Trinajstić information content (AvgIpc) is 3.30. The van der Waals surface area contributed by atoms with E-state index < -0.39 is 20.0 Å². The number of hydrogen-bond acceptors (Lipinski definition) is 7. The van der Waals surface area contributed by atoms with Crippen LogP contribution < -0.4 is 14.5 Å². The van der Waals surface area contributed by atoms with Crippen LogP contribution in [-0.4, -0.2) is 77.8 Å². The second kappa shape index (κ2) is 24.0. The Hall–Kier alpha value is -5.30. The molecule has 0 spiro atoms. The van der Waals surface area contributed by atoms with Gasteiger partial charge < -0.3 is 14.5 Å². The minimum atomic E-state index is -3.56. The summed E-state index contributed by atoms with van der Waals surface area (Å²) >= 11 is 0. The number of sulfonamides is 2. The molecular formula is C52H62N4O5S2. The van der Waals surface area contributed by atoms with E-state index in [2.05, 4.69) is 95.9 Å². The topological polar surface area (TPSA) is 90.5 Å². The molecule has 0 amide bonds. The maximum absolute atomic E-state index is 13.1. The van der Waals surface area contributed by atoms with E-state index in [1.807, 2.05) is 48.5 Å². The number of hydrogen-bond donors (Lipinski definition) is 0. The zero-order valence-corrected chi connectivity index (χ0v) is 38.6. The number of piperazine rings is 2. The van der Waals surface area contributed by atoms with Crippen molar-refractivity contribution in [1.82, 2.24) is 8.61 Å². The second-order valence-corrected chi connectivity index (χ2v) is 19.7. The third-order valence-corrected chi connectivity index (χ3v) is 14.5. The average molecular weight is 887 g/mol. The molecule has 2 heterocycles. The molecule has 63 heavy (non-hydrogen) atoms. The highest BCUT2D eigenvalue weighted by Crippen LogP contribution is 2.36. The van der Waals surface area contributed by atoms with E-state index in [0.717, 1.165) is 96.5 Å². The van der Waals surface area contributed by atoms with Crippen molar-refractivity contribution >= 4 is 31.4 Å². The van der Waals surface area contributed by atoms with Crippen LogP contribution in [0.1, 0.15) is 87.5 Å². The predicted octanol–water partition coefficient (Wildman–Crippen LogP) is 9.76. The number of nitrogens with zero attached hydrogens (tertiary/aromatic N) is 4. The molecule has 11 heteroatoms. The molecule has 0 saturated carbocycles. The van der Waals surface area contributed by atoms with Gasteiger partial charge in [-0.1, -0.05) is 124 Å². The molecule has 0 unspecified atom stereocenters. The predicted molar refractivity (Wildman–Crippen MR) is 259 cm³/mol. The van der Waals surface area contributed by atoms with Gasteiger partial charge in [0, 0.05) is 113 Å². The number of benzene rings is 4. The van der Waals surface area contributed by atoms with E-state index in [4.69, 9.17) is 4.74 Å². The van der Waals surface area contributed by atoms with Gasteiger partial charge in [0.15, 0.2) is 0 Å². The zero-order valence-electron chi connectivity index (χ0n) is 36.9. The highest BCUT2D eigenvalue weighted by molar-refractivity contribution is 7.92. The van der Waals surface area contributed by atoms with E-state index in [-0.39, 0.29) is 0 Å². The van der Waals surface area contributed by atoms with E-state index in [9.17, 15) is 16.8 Å². The number of ether oxygens (including phenoxy) is 1. The Morgan fingerprint density at radius 1 is 0.524 bits per heavy atom. The number of anilines is 2. The molecule has 6 rings (SSSR count). The summed E-state index contributed by atoms with van der Waals surface area (Å²) in [5, 5.41) is 2.47. The first-order valence-corrected chi connectivity index (χ1v) is 25.5. The van der Waals surface area contributed by atoms with Crippen molar-refractivity contribution in [3.05, 3.63) is 142 Å². The van der Waals surface area contributed by atoms with Crippen molar-refractivity contribution in [2.75, 3.05) is 62.2 Å². The fraction of sp³-hybridized carbons (Fsp3) is 0.385. The Bertz CT molecular complexity index is 2310. The number of unbranched alkanes of at least 4 members (excludes halogenated alkanes) is 6. The summed E-state index contributed by atoms with van der Waals surface area (Å²) in [6, 6.07) is 33.2. The van der Waals surface area contributed by atoms with Crippen LogP contribution in [0.25, 0.3) is 0 Å². The maximum Gasteiger partial charge on any atom is 0.236 e. The van der Waals surface area contributed by atoms with Crippen LogP contribution >= 0.6 is 0 Å². The van der Waals surface area contributed by atoms with Gasteiger partial charge in [-0.15, -0.1) is 0 Å². The van der Waals surface area contributed by atoms with Crippen molar-refractivity contribution < 1.29 is 21.6 Å². The summed E-state index contributed by atoms with van der Waals surface area (Å²) in [5.41, 5.74) is 6.40. The normalized spacial score (nSPS) is 15.3. The van der Waals surface area contributed by atoms with Crippen LogP contribution in [0.4, 0.5) is 11.4 Å². The van der Waals surface area contributed by atoms with Crippen LogP contribution in [0.15, 0.2) is 120 Å². The quantitative estimate of drug-likeness (QED) is 0.0727. The maximum atomic E-state index is 13.1. The molecule has 0 aliphatic carbocycles. The summed E-state index contributed by atoms with van der Waals surface area (Å²) in [4.78, 5) is 4.48. The molecule has 0 atom stereocenters. The van der Waals surface area contributed by atoms with Gasteiger partial charge in [0.2, 0.25) is 20.0 Å². The highest BCUT2D eigenvalue weighted by Gasteiger charge is 2.27. The van der Waals surface area contributed by atoms with Gasteiger partial charge in [-0.05, 0) is 60.4 Å². The van der Waals surface area contributed by atoms with Crippen LogP contribution in [-0.2, 0) is 32.9 Å². The summed E-state index contributed by atoms with van der Waals surface area (Å²) in [6.07, 6.45) is 12.4. The number of allylic oxidation sites excluding steroid dienone is 2. The molecule has 2 fully saturated rings. The van der Waals surface area contributed by atoms with Gasteiger partial charge in [0.05, 0.1) is 10.8 Å². The largest absolute Gasteiger partial charge is 0.457 e. The minimum Gasteiger partial charge on any atom is -0.457 e. The first kappa shape index (κ1) is 47.2. The van der Waals surface area contributed by atoms with Gasteiger partial charge >= 0.3 is 0 Å². The van der Waals surface area contributed by atoms with Crippen molar-refractivity contribution in [3.8, 4) is 35.2 Å². The summed E-state index contributed by atoms with van der Waals surface area (Å²) in [6.45, 7) is 8.08. The Balaban J connectivity index is 1.18. The van der Waals surface area contributed by atoms with Gasteiger partial charge in [-0.2, -0.15) is 8.61 Å². The molecule has 0 radical (unpaired) electrons. The third kappa shape index (κ3) is 14.4. The van der Waals surface area contributed by atoms with E-state index in [1.54, 1.807) is 0 Å². The van der Waals surface area contributed by atoms with Crippen LogP contribution in [0.2, 0.25) is 0 Å². The summed E-state index contributed by atoms with van der Waals surface area (Å²) in [5.74, 6) is 13.4. The van der Waals surface area contributed by atoms with Gasteiger partial charge in [-0.3, -0.25) is 0 Å². The second-order valence-electron chi connectivity index (χ2n) is 16.0. The highest BCUT2D eigenvalue weighted by atomic mass is 32.2. The lowest BCUT2D eigenvalue weighted by atomic mass is 10.0. The molecule has 0 bridgehead atoms. The molecule has 2 aliphatic rings. The molecule has 4 aromatic rings. The van der Waals surface area contributed by atoms with Crippen LogP contribution in [0.3, 0.4) is 0 Å². The lowest BCUT2D eigenvalue weighted by Gasteiger charge is -2.35. The molecular weight excluding hydrogens is 825 g/mol. The van der Waals surface area contributed by atoms with Gasteiger partial charge in [0.1, 0.15) is 11.5 Å². The fourth-order valence-corrected chi connectivity index (χ4v) is 9.92. The summed E-state index contributed by atoms with van der Waals surface area (Å²) < 4.78 is 62.4. The zero-order chi connectivity index (χ0) is 44.3. The van der Waals surface area contributed by atoms with Crippen molar-refractivity contribution in [1.29, 1.82) is 0 Å². The summed E-state index contributed by atoms with van der Waals surface area (Å²) in [7, 11) is -7.12. The smallest absolute Gasteiger partial charge is 0.236 e. The Labute approximate surface area is 377 Å². The first-order valence-electron chi connectivity index (χ1n) is 22.5. The number of rotatable bonds is 18. The molecule has 2 aliphatic heterocycles. The minimum absolute atomic E-state index is 0.383. The molecule has 0 N–H and O–H groups in total. The monoisotopic (exact) mass is 886 g/mol. The molecule has 9 nitrogen and oxygen atoms in total. The van der Waals surface area contributed by atoms with Crippen LogP contribution in [0, 0.1) is 23.7 Å². The van der Waals surface area contributed by atoms with Crippen molar-refractivity contribution in [3.63, 3.8) is 0 Å². The van der Waals surface area contributed by atoms with Gasteiger partial charge in [0.25, 0.3) is 0 Å². The SMILES string of the molecule is CCCCCC#CC=CS(=O)(=O)N1CCN(c2ccc(Oc3ccc(N4CCN(S(=O)(=O)C=CC#CCCCCC)CC4)cc3Cc3ccccc3)c(Cc3ccccc3)c2)CC1. The third-order valence-electron chi connectivity index (χ3n) is 11.4. The van der Waals surface area contributed by atoms with Crippen molar-refractivity contribution in [2.45, 2.75) is 78.1 Å². The van der Waals surface area contributed by atoms with E-state index in [0.29, 0.717) is 65.2 Å². The van der Waals surface area contributed by atoms with E-state index in [1.165, 1.54) is 31.6 Å². The Morgan fingerprint density at radius 2 is 0.921 bits per heavy atom. The van der Waals surface area contributed by atoms with E-state index >= 15 is 0 Å². The molecule has 0 aromatic heterocycles. The van der Waals surface area contributed by atoms with Gasteiger partial charge in [-0.25, -0.2) is 16.8 Å². The van der Waals surface area contributed by atoms with Crippen molar-refractivity contribution in [2.24, 2.45) is 0 Å². The standard InChI is InChI=1S/C52H62N4O5S2/c1-3-5-7-9-11-13-21-39-62(57,58)55-35-31-53(32-36-55)49-27-29-51(47(43-49)41-45-23-17-15-18-24-45)61-52-30-28-50(44-48(52)42-46-25-19-16-20-26-46)54-33-37-56(38-34-54)63(59,60)40-22-14-12-10-8-6-4-2/h15-30,39-40,43-44H,3-10,31-38,41-42H2,1-2H3. The molecule has 4 aromatic carbocycles. The first-order chi connectivity index (χ1) is 30.6. The fourth-order valence-electron chi connectivity index (χ4n) is 7.75. The Kier molecular flexibility index (Phi) is 17.9. The molecule has 332 valence electrons. The lowest BCUT2D eigenvalue weighted by molar-refractivity contribution is 0.389.